The Morgan fingerprint density at radius 2 is 2.06 bits per heavy atom. The van der Waals surface area contributed by atoms with E-state index in [9.17, 15) is 0 Å². The van der Waals surface area contributed by atoms with Crippen molar-refractivity contribution >= 4 is 5.71 Å². The van der Waals surface area contributed by atoms with Crippen LogP contribution in [0.2, 0.25) is 0 Å². The number of hydrogen-bond acceptors (Lipinski definition) is 3. The molecule has 2 rings (SSSR count). The number of benzene rings is 1. The molecule has 0 aliphatic carbocycles. The number of nitrogens with one attached hydrogen (secondary N) is 1. The SMILES string of the molecule is CC1=NOC(CNC(c2ccccc2)C(C)C)C1. The van der Waals surface area contributed by atoms with Crippen LogP contribution in [0.1, 0.15) is 38.8 Å². The molecule has 1 aromatic rings. The van der Waals surface area contributed by atoms with Crippen LogP contribution < -0.4 is 5.32 Å². The van der Waals surface area contributed by atoms with Crippen molar-refractivity contribution in [3.8, 4) is 0 Å². The van der Waals surface area contributed by atoms with E-state index in [1.54, 1.807) is 0 Å². The van der Waals surface area contributed by atoms with Crippen LogP contribution in [0.25, 0.3) is 0 Å². The van der Waals surface area contributed by atoms with Gasteiger partial charge in [-0.05, 0) is 18.4 Å². The predicted molar refractivity (Wildman–Crippen MR) is 74.6 cm³/mol. The minimum absolute atomic E-state index is 0.190. The van der Waals surface area contributed by atoms with Crippen LogP contribution in [-0.2, 0) is 4.84 Å². The molecule has 2 atom stereocenters. The van der Waals surface area contributed by atoms with E-state index >= 15 is 0 Å². The zero-order valence-corrected chi connectivity index (χ0v) is 11.4. The topological polar surface area (TPSA) is 33.6 Å². The fourth-order valence-corrected chi connectivity index (χ4v) is 2.34. The molecule has 98 valence electrons. The van der Waals surface area contributed by atoms with E-state index in [0.29, 0.717) is 12.0 Å². The van der Waals surface area contributed by atoms with Crippen LogP contribution >= 0.6 is 0 Å². The van der Waals surface area contributed by atoms with Crippen molar-refractivity contribution in [2.24, 2.45) is 11.1 Å². The van der Waals surface area contributed by atoms with Gasteiger partial charge in [-0.25, -0.2) is 0 Å². The summed E-state index contributed by atoms with van der Waals surface area (Å²) in [7, 11) is 0. The van der Waals surface area contributed by atoms with Gasteiger partial charge in [0.15, 0.2) is 0 Å². The summed E-state index contributed by atoms with van der Waals surface area (Å²) in [6, 6.07) is 11.0. The zero-order valence-electron chi connectivity index (χ0n) is 11.4. The molecule has 0 bridgehead atoms. The molecule has 1 heterocycles. The first-order chi connectivity index (χ1) is 8.66. The maximum absolute atomic E-state index is 5.36. The summed E-state index contributed by atoms with van der Waals surface area (Å²) < 4.78 is 0. The number of nitrogens with zero attached hydrogens (tertiary/aromatic N) is 1. The third-order valence-electron chi connectivity index (χ3n) is 3.27. The first-order valence-corrected chi connectivity index (χ1v) is 6.64. The largest absolute Gasteiger partial charge is 0.391 e. The van der Waals surface area contributed by atoms with E-state index in [-0.39, 0.29) is 6.10 Å². The van der Waals surface area contributed by atoms with Crippen LogP contribution in [0.15, 0.2) is 35.5 Å². The van der Waals surface area contributed by atoms with Crippen LogP contribution in [0.3, 0.4) is 0 Å². The highest BCUT2D eigenvalue weighted by Crippen LogP contribution is 2.22. The Balaban J connectivity index is 1.92. The van der Waals surface area contributed by atoms with Crippen molar-refractivity contribution in [2.75, 3.05) is 6.54 Å². The number of oxime groups is 1. The predicted octanol–water partition coefficient (Wildman–Crippen LogP) is 3.14. The summed E-state index contributed by atoms with van der Waals surface area (Å²) in [5.41, 5.74) is 2.42. The lowest BCUT2D eigenvalue weighted by Gasteiger charge is -2.24. The van der Waals surface area contributed by atoms with Gasteiger partial charge in [0.25, 0.3) is 0 Å². The second kappa shape index (κ2) is 6.01. The molecular weight excluding hydrogens is 224 g/mol. The Hall–Kier alpha value is -1.35. The molecule has 1 aliphatic heterocycles. The smallest absolute Gasteiger partial charge is 0.145 e. The first-order valence-electron chi connectivity index (χ1n) is 6.64. The standard InChI is InChI=1S/C15H22N2O/c1-11(2)15(13-7-5-4-6-8-13)16-10-14-9-12(3)17-18-14/h4-8,11,14-16H,9-10H2,1-3H3. The number of hydrogen-bond donors (Lipinski definition) is 1. The molecule has 2 unspecified atom stereocenters. The van der Waals surface area contributed by atoms with E-state index < -0.39 is 0 Å². The van der Waals surface area contributed by atoms with Gasteiger partial charge in [-0.15, -0.1) is 0 Å². The molecule has 3 heteroatoms. The van der Waals surface area contributed by atoms with Gasteiger partial charge in [0.1, 0.15) is 6.10 Å². The minimum atomic E-state index is 0.190. The summed E-state index contributed by atoms with van der Waals surface area (Å²) in [5, 5.41) is 7.59. The van der Waals surface area contributed by atoms with Crippen LogP contribution in [0, 0.1) is 5.92 Å². The van der Waals surface area contributed by atoms with Gasteiger partial charge in [0.05, 0.1) is 5.71 Å². The van der Waals surface area contributed by atoms with Crippen LogP contribution in [-0.4, -0.2) is 18.4 Å². The molecule has 0 radical (unpaired) electrons. The molecule has 3 nitrogen and oxygen atoms in total. The van der Waals surface area contributed by atoms with Gasteiger partial charge >= 0.3 is 0 Å². The Morgan fingerprint density at radius 3 is 2.61 bits per heavy atom. The van der Waals surface area contributed by atoms with Gasteiger partial charge < -0.3 is 10.2 Å². The summed E-state index contributed by atoms with van der Waals surface area (Å²) in [6.07, 6.45) is 1.13. The van der Waals surface area contributed by atoms with Crippen molar-refractivity contribution in [1.82, 2.24) is 5.32 Å². The maximum atomic E-state index is 5.36. The van der Waals surface area contributed by atoms with E-state index in [0.717, 1.165) is 18.7 Å². The average Bonchev–Trinajstić information content (AvgIpc) is 2.76. The Kier molecular flexibility index (Phi) is 4.37. The van der Waals surface area contributed by atoms with Gasteiger partial charge in [-0.1, -0.05) is 49.3 Å². The van der Waals surface area contributed by atoms with Crippen LogP contribution in [0.4, 0.5) is 0 Å². The summed E-state index contributed by atoms with van der Waals surface area (Å²) >= 11 is 0. The van der Waals surface area contributed by atoms with Gasteiger partial charge in [0, 0.05) is 19.0 Å². The molecule has 1 N–H and O–H groups in total. The van der Waals surface area contributed by atoms with Crippen molar-refractivity contribution < 1.29 is 4.84 Å². The molecule has 0 fully saturated rings. The lowest BCUT2D eigenvalue weighted by molar-refractivity contribution is 0.0811. The van der Waals surface area contributed by atoms with Crippen molar-refractivity contribution in [3.63, 3.8) is 0 Å². The third kappa shape index (κ3) is 3.33. The van der Waals surface area contributed by atoms with Gasteiger partial charge in [-0.2, -0.15) is 0 Å². The maximum Gasteiger partial charge on any atom is 0.145 e. The second-order valence-electron chi connectivity index (χ2n) is 5.30. The monoisotopic (exact) mass is 246 g/mol. The normalized spacial score (nSPS) is 20.7. The van der Waals surface area contributed by atoms with E-state index in [1.807, 2.05) is 6.92 Å². The lowest BCUT2D eigenvalue weighted by atomic mass is 9.96. The molecule has 0 saturated heterocycles. The number of rotatable bonds is 5. The van der Waals surface area contributed by atoms with Gasteiger partial charge in [-0.3, -0.25) is 0 Å². The molecule has 18 heavy (non-hydrogen) atoms. The second-order valence-corrected chi connectivity index (χ2v) is 5.30. The van der Waals surface area contributed by atoms with Crippen molar-refractivity contribution in [1.29, 1.82) is 0 Å². The third-order valence-corrected chi connectivity index (χ3v) is 3.27. The van der Waals surface area contributed by atoms with Crippen molar-refractivity contribution in [2.45, 2.75) is 39.3 Å². The van der Waals surface area contributed by atoms with E-state index in [2.05, 4.69) is 54.7 Å². The molecule has 0 spiro atoms. The fourth-order valence-electron chi connectivity index (χ4n) is 2.34. The molecule has 0 saturated carbocycles. The zero-order chi connectivity index (χ0) is 13.0. The Labute approximate surface area is 109 Å². The quantitative estimate of drug-likeness (QED) is 0.866. The molecule has 1 aliphatic rings. The molecule has 0 amide bonds. The van der Waals surface area contributed by atoms with Crippen LogP contribution in [0.5, 0.6) is 0 Å². The lowest BCUT2D eigenvalue weighted by Crippen LogP contribution is -2.33. The minimum Gasteiger partial charge on any atom is -0.391 e. The highest BCUT2D eigenvalue weighted by atomic mass is 16.6. The molecular formula is C15H22N2O. The van der Waals surface area contributed by atoms with E-state index in [1.165, 1.54) is 5.56 Å². The first kappa shape index (κ1) is 13.1. The molecule has 0 aromatic heterocycles. The fraction of sp³-hybridized carbons (Fsp3) is 0.533. The summed E-state index contributed by atoms with van der Waals surface area (Å²) in [6.45, 7) is 7.33. The Morgan fingerprint density at radius 1 is 1.33 bits per heavy atom. The van der Waals surface area contributed by atoms with Crippen molar-refractivity contribution in [3.05, 3.63) is 35.9 Å². The average molecular weight is 246 g/mol. The van der Waals surface area contributed by atoms with E-state index in [4.69, 9.17) is 4.84 Å². The van der Waals surface area contributed by atoms with Gasteiger partial charge in [0.2, 0.25) is 0 Å². The molecule has 1 aromatic carbocycles. The Bertz CT molecular complexity index is 400. The highest BCUT2D eigenvalue weighted by molar-refractivity contribution is 5.82. The summed E-state index contributed by atoms with van der Waals surface area (Å²) in [5.74, 6) is 0.552. The highest BCUT2D eigenvalue weighted by Gasteiger charge is 2.21. The summed E-state index contributed by atoms with van der Waals surface area (Å²) in [4.78, 5) is 5.36.